The third-order valence-corrected chi connectivity index (χ3v) is 6.35. The molecule has 1 aromatic heterocycles. The Balaban J connectivity index is 1.59. The van der Waals surface area contributed by atoms with E-state index in [1.54, 1.807) is 50.4 Å². The number of ether oxygens (including phenoxy) is 3. The van der Waals surface area contributed by atoms with Crippen LogP contribution < -0.4 is 15.0 Å². The third kappa shape index (κ3) is 5.33. The molecule has 0 radical (unpaired) electrons. The van der Waals surface area contributed by atoms with E-state index in [2.05, 4.69) is 10.3 Å². The fourth-order valence-electron chi connectivity index (χ4n) is 3.69. The monoisotopic (exact) mass is 495 g/mol. The molecule has 0 bridgehead atoms. The highest BCUT2D eigenvalue weighted by Gasteiger charge is 2.33. The van der Waals surface area contributed by atoms with E-state index in [1.807, 2.05) is 11.4 Å². The number of amides is 2. The molecule has 0 fully saturated rings. The lowest BCUT2D eigenvalue weighted by atomic mass is 10.1. The zero-order chi connectivity index (χ0) is 24.9. The van der Waals surface area contributed by atoms with Gasteiger partial charge in [-0.1, -0.05) is 12.1 Å². The van der Waals surface area contributed by atoms with E-state index in [0.29, 0.717) is 30.2 Å². The second-order valence-corrected chi connectivity index (χ2v) is 8.76. The van der Waals surface area contributed by atoms with Gasteiger partial charge in [-0.25, -0.2) is 9.78 Å². The number of hydrogen-bond donors (Lipinski definition) is 1. The second kappa shape index (κ2) is 10.7. The highest BCUT2D eigenvalue weighted by Crippen LogP contribution is 2.37. The van der Waals surface area contributed by atoms with Crippen LogP contribution in [0.2, 0.25) is 0 Å². The number of para-hydroxylation sites is 1. The number of carbonyl (C=O) groups is 3. The molecular formula is C25H25N3O6S. The Morgan fingerprint density at radius 3 is 2.77 bits per heavy atom. The fraction of sp³-hybridized carbons (Fsp3) is 0.280. The summed E-state index contributed by atoms with van der Waals surface area (Å²) in [7, 11) is 2.92. The lowest BCUT2D eigenvalue weighted by Gasteiger charge is -2.33. The van der Waals surface area contributed by atoms with Crippen molar-refractivity contribution in [1.82, 2.24) is 4.98 Å². The zero-order valence-electron chi connectivity index (χ0n) is 19.6. The molecule has 182 valence electrons. The van der Waals surface area contributed by atoms with Gasteiger partial charge in [-0.2, -0.15) is 0 Å². The maximum absolute atomic E-state index is 13.0. The van der Waals surface area contributed by atoms with Crippen molar-refractivity contribution in [3.8, 4) is 17.0 Å². The van der Waals surface area contributed by atoms with Crippen LogP contribution in [0.1, 0.15) is 22.3 Å². The first-order valence-corrected chi connectivity index (χ1v) is 11.8. The first-order valence-electron chi connectivity index (χ1n) is 10.9. The van der Waals surface area contributed by atoms with E-state index in [0.717, 1.165) is 16.3 Å². The van der Waals surface area contributed by atoms with Gasteiger partial charge in [-0.3, -0.25) is 14.5 Å². The number of esters is 1. The largest absolute Gasteiger partial charge is 0.479 e. The molecule has 9 nitrogen and oxygen atoms in total. The minimum atomic E-state index is -0.747. The number of nitrogens with zero attached hydrogens (tertiary/aromatic N) is 2. The van der Waals surface area contributed by atoms with Crippen LogP contribution in [0.25, 0.3) is 11.3 Å². The SMILES string of the molecule is COCCc1nc(-c2ccc3c(c2)N(CC(=O)Nc2ccccc2C(=O)OC)C(=O)C(C)O3)cs1. The van der Waals surface area contributed by atoms with Crippen molar-refractivity contribution < 1.29 is 28.6 Å². The average Bonchev–Trinajstić information content (AvgIpc) is 3.34. The summed E-state index contributed by atoms with van der Waals surface area (Å²) in [6, 6.07) is 12.0. The molecule has 1 aliphatic heterocycles. The van der Waals surface area contributed by atoms with E-state index in [9.17, 15) is 14.4 Å². The van der Waals surface area contributed by atoms with Gasteiger partial charge in [0.25, 0.3) is 5.91 Å². The third-order valence-electron chi connectivity index (χ3n) is 5.44. The molecule has 0 spiro atoms. The molecule has 0 saturated heterocycles. The predicted molar refractivity (Wildman–Crippen MR) is 132 cm³/mol. The maximum atomic E-state index is 13.0. The van der Waals surface area contributed by atoms with Gasteiger partial charge < -0.3 is 19.5 Å². The molecule has 4 rings (SSSR count). The molecule has 1 N–H and O–H groups in total. The Labute approximate surface area is 206 Å². The number of rotatable bonds is 8. The molecule has 10 heteroatoms. The lowest BCUT2D eigenvalue weighted by molar-refractivity contribution is -0.127. The minimum absolute atomic E-state index is 0.223. The summed E-state index contributed by atoms with van der Waals surface area (Å²) < 4.78 is 15.7. The molecule has 2 heterocycles. The van der Waals surface area contributed by atoms with E-state index >= 15 is 0 Å². The van der Waals surface area contributed by atoms with E-state index in [4.69, 9.17) is 14.2 Å². The Kier molecular flexibility index (Phi) is 7.42. The molecule has 35 heavy (non-hydrogen) atoms. The molecule has 1 aliphatic rings. The van der Waals surface area contributed by atoms with Gasteiger partial charge in [0, 0.05) is 24.5 Å². The van der Waals surface area contributed by atoms with Gasteiger partial charge in [0.05, 0.1) is 41.4 Å². The molecule has 0 saturated carbocycles. The van der Waals surface area contributed by atoms with Crippen LogP contribution in [0.4, 0.5) is 11.4 Å². The molecule has 1 atom stereocenters. The number of thiazole rings is 1. The number of carbonyl (C=O) groups excluding carboxylic acids is 3. The quantitative estimate of drug-likeness (QED) is 0.477. The normalized spacial score (nSPS) is 14.8. The van der Waals surface area contributed by atoms with Crippen molar-refractivity contribution in [1.29, 1.82) is 0 Å². The van der Waals surface area contributed by atoms with Gasteiger partial charge in [0.15, 0.2) is 6.10 Å². The summed E-state index contributed by atoms with van der Waals surface area (Å²) in [6.07, 6.45) is -0.0340. The molecule has 2 aromatic carbocycles. The Bertz CT molecular complexity index is 1260. The summed E-state index contributed by atoms with van der Waals surface area (Å²) in [6.45, 7) is 1.97. The number of hydrogen-bond acceptors (Lipinski definition) is 8. The Morgan fingerprint density at radius 2 is 2.00 bits per heavy atom. The zero-order valence-corrected chi connectivity index (χ0v) is 20.4. The number of anilines is 2. The van der Waals surface area contributed by atoms with Gasteiger partial charge in [-0.05, 0) is 37.3 Å². The van der Waals surface area contributed by atoms with Gasteiger partial charge in [0.2, 0.25) is 5.91 Å². The van der Waals surface area contributed by atoms with E-state index in [1.165, 1.54) is 23.3 Å². The van der Waals surface area contributed by atoms with Crippen molar-refractivity contribution in [3.05, 3.63) is 58.4 Å². The first kappa shape index (κ1) is 24.4. The van der Waals surface area contributed by atoms with Crippen LogP contribution in [0, 0.1) is 0 Å². The van der Waals surface area contributed by atoms with E-state index < -0.39 is 18.0 Å². The topological polar surface area (TPSA) is 107 Å². The average molecular weight is 496 g/mol. The molecule has 3 aromatic rings. The number of fused-ring (bicyclic) bond motifs is 1. The van der Waals surface area contributed by atoms with Crippen molar-refractivity contribution in [3.63, 3.8) is 0 Å². The van der Waals surface area contributed by atoms with E-state index in [-0.39, 0.29) is 18.0 Å². The van der Waals surface area contributed by atoms with Crippen molar-refractivity contribution in [2.45, 2.75) is 19.4 Å². The van der Waals surface area contributed by atoms with Crippen molar-refractivity contribution in [2.24, 2.45) is 0 Å². The minimum Gasteiger partial charge on any atom is -0.479 e. The Hall–Kier alpha value is -3.76. The van der Waals surface area contributed by atoms with Crippen molar-refractivity contribution in [2.75, 3.05) is 37.6 Å². The van der Waals surface area contributed by atoms with Crippen LogP contribution in [0.15, 0.2) is 47.8 Å². The Morgan fingerprint density at radius 1 is 1.20 bits per heavy atom. The molecular weight excluding hydrogens is 470 g/mol. The molecule has 2 amide bonds. The maximum Gasteiger partial charge on any atom is 0.339 e. The first-order chi connectivity index (χ1) is 16.9. The van der Waals surface area contributed by atoms with Crippen LogP contribution in [0.3, 0.4) is 0 Å². The lowest BCUT2D eigenvalue weighted by Crippen LogP contribution is -2.47. The van der Waals surface area contributed by atoms with Crippen LogP contribution in [0.5, 0.6) is 5.75 Å². The van der Waals surface area contributed by atoms with Crippen LogP contribution in [-0.2, 0) is 25.5 Å². The van der Waals surface area contributed by atoms with Crippen LogP contribution >= 0.6 is 11.3 Å². The highest BCUT2D eigenvalue weighted by molar-refractivity contribution is 7.09. The molecule has 1 unspecified atom stereocenters. The molecule has 0 aliphatic carbocycles. The summed E-state index contributed by atoms with van der Waals surface area (Å²) >= 11 is 1.54. The van der Waals surface area contributed by atoms with Crippen LogP contribution in [-0.4, -0.2) is 56.2 Å². The summed E-state index contributed by atoms with van der Waals surface area (Å²) in [4.78, 5) is 44.0. The summed E-state index contributed by atoms with van der Waals surface area (Å²) in [5.41, 5.74) is 2.58. The van der Waals surface area contributed by atoms with Gasteiger partial charge >= 0.3 is 5.97 Å². The number of benzene rings is 2. The number of aromatic nitrogens is 1. The highest BCUT2D eigenvalue weighted by atomic mass is 32.1. The smallest absolute Gasteiger partial charge is 0.339 e. The summed E-state index contributed by atoms with van der Waals surface area (Å²) in [5.74, 6) is -0.876. The number of methoxy groups -OCH3 is 2. The van der Waals surface area contributed by atoms with Gasteiger partial charge in [-0.15, -0.1) is 11.3 Å². The standard InChI is InChI=1S/C25H25N3O6S/c1-15-24(30)28(13-22(29)26-18-7-5-4-6-17(18)25(31)33-3)20-12-16(8-9-21(20)34-15)19-14-35-23(27-19)10-11-32-2/h4-9,12,14-15H,10-11,13H2,1-3H3,(H,26,29). The van der Waals surface area contributed by atoms with Crippen molar-refractivity contribution >= 4 is 40.5 Å². The van der Waals surface area contributed by atoms with Gasteiger partial charge in [0.1, 0.15) is 12.3 Å². The summed E-state index contributed by atoms with van der Waals surface area (Å²) in [5, 5.41) is 5.60. The predicted octanol–water partition coefficient (Wildman–Crippen LogP) is 3.54. The fourth-order valence-corrected chi connectivity index (χ4v) is 4.48. The second-order valence-electron chi connectivity index (χ2n) is 7.82. The number of nitrogens with one attached hydrogen (secondary N) is 1.